The van der Waals surface area contributed by atoms with Crippen LogP contribution in [0.5, 0.6) is 5.75 Å². The van der Waals surface area contributed by atoms with E-state index in [0.29, 0.717) is 5.69 Å². The van der Waals surface area contributed by atoms with Gasteiger partial charge in [-0.25, -0.2) is 9.59 Å². The minimum absolute atomic E-state index is 0.00294. The lowest BCUT2D eigenvalue weighted by molar-refractivity contribution is -0.133. The number of carbonyl (C=O) groups is 4. The van der Waals surface area contributed by atoms with Gasteiger partial charge in [0, 0.05) is 5.69 Å². The highest BCUT2D eigenvalue weighted by atomic mass is 16.5. The molecule has 1 aliphatic rings. The zero-order valence-electron chi connectivity index (χ0n) is 15.6. The van der Waals surface area contributed by atoms with Crippen LogP contribution in [0.15, 0.2) is 42.5 Å². The van der Waals surface area contributed by atoms with Crippen molar-refractivity contribution in [1.82, 2.24) is 0 Å². The molecule has 1 aliphatic heterocycles. The fourth-order valence-corrected chi connectivity index (χ4v) is 2.90. The van der Waals surface area contributed by atoms with E-state index >= 15 is 0 Å². The van der Waals surface area contributed by atoms with E-state index in [0.717, 1.165) is 0 Å². The number of hydrogen-bond donors (Lipinski definition) is 3. The van der Waals surface area contributed by atoms with Gasteiger partial charge in [0.15, 0.2) is 5.60 Å². The van der Waals surface area contributed by atoms with Gasteiger partial charge in [-0.1, -0.05) is 0 Å². The number of carboxylic acid groups (broad SMARTS) is 2. The lowest BCUT2D eigenvalue weighted by atomic mass is 10.0. The van der Waals surface area contributed by atoms with Gasteiger partial charge < -0.3 is 20.3 Å². The number of hydrogen-bond acceptors (Lipinski definition) is 5. The maximum Gasteiger partial charge on any atom is 0.335 e. The summed E-state index contributed by atoms with van der Waals surface area (Å²) in [5.74, 6) is -2.99. The Labute approximate surface area is 165 Å². The average molecular weight is 398 g/mol. The monoisotopic (exact) mass is 398 g/mol. The second-order valence-electron chi connectivity index (χ2n) is 6.92. The van der Waals surface area contributed by atoms with E-state index in [1.165, 1.54) is 61.2 Å². The van der Waals surface area contributed by atoms with Crippen molar-refractivity contribution in [2.24, 2.45) is 0 Å². The molecule has 29 heavy (non-hydrogen) atoms. The molecule has 0 fully saturated rings. The fourth-order valence-electron chi connectivity index (χ4n) is 2.90. The Morgan fingerprint density at radius 1 is 1.00 bits per heavy atom. The van der Waals surface area contributed by atoms with Crippen LogP contribution in [0.2, 0.25) is 0 Å². The third kappa shape index (κ3) is 4.03. The van der Waals surface area contributed by atoms with Gasteiger partial charge in [0.2, 0.25) is 5.91 Å². The minimum Gasteiger partial charge on any atom is -0.478 e. The van der Waals surface area contributed by atoms with Crippen LogP contribution in [0.1, 0.15) is 34.6 Å². The smallest absolute Gasteiger partial charge is 0.335 e. The van der Waals surface area contributed by atoms with E-state index in [2.05, 4.69) is 5.32 Å². The first-order chi connectivity index (χ1) is 13.6. The quantitative estimate of drug-likeness (QED) is 0.703. The largest absolute Gasteiger partial charge is 0.478 e. The van der Waals surface area contributed by atoms with Crippen LogP contribution in [0, 0.1) is 0 Å². The lowest BCUT2D eigenvalue weighted by Crippen LogP contribution is -2.54. The number of nitrogens with zero attached hydrogens (tertiary/aromatic N) is 1. The summed E-state index contributed by atoms with van der Waals surface area (Å²) in [6.07, 6.45) is 0. The Morgan fingerprint density at radius 3 is 2.17 bits per heavy atom. The standard InChI is InChI=1S/C20H18N2O7/c1-20(2)19(28)22(14-8-5-12(18(26)27)9-15(14)29-20)10-16(23)21-13-6-3-11(4-7-13)17(24)25/h3-9H,10H2,1-2H3,(H,21,23)(H,24,25)(H,26,27). The van der Waals surface area contributed by atoms with E-state index in [-0.39, 0.29) is 29.1 Å². The summed E-state index contributed by atoms with van der Waals surface area (Å²) in [5, 5.41) is 20.7. The molecule has 0 bridgehead atoms. The molecule has 0 atom stereocenters. The maximum atomic E-state index is 12.8. The molecule has 0 aromatic heterocycles. The normalized spacial score (nSPS) is 14.6. The number of rotatable bonds is 5. The number of fused-ring (bicyclic) bond motifs is 1. The highest BCUT2D eigenvalue weighted by Crippen LogP contribution is 2.38. The first kappa shape index (κ1) is 19.9. The van der Waals surface area contributed by atoms with Crippen LogP contribution in [0.3, 0.4) is 0 Å². The molecule has 3 rings (SSSR count). The summed E-state index contributed by atoms with van der Waals surface area (Å²) in [6.45, 7) is 2.73. The third-order valence-corrected chi connectivity index (χ3v) is 4.34. The van der Waals surface area contributed by atoms with Gasteiger partial charge in [0.25, 0.3) is 5.91 Å². The summed E-state index contributed by atoms with van der Waals surface area (Å²) in [6, 6.07) is 9.64. The fraction of sp³-hybridized carbons (Fsp3) is 0.200. The second kappa shape index (κ2) is 7.27. The number of amides is 2. The topological polar surface area (TPSA) is 133 Å². The molecule has 1 heterocycles. The van der Waals surface area contributed by atoms with Crippen molar-refractivity contribution in [2.75, 3.05) is 16.8 Å². The van der Waals surface area contributed by atoms with Gasteiger partial charge in [-0.15, -0.1) is 0 Å². The zero-order chi connectivity index (χ0) is 21.3. The Morgan fingerprint density at radius 2 is 1.59 bits per heavy atom. The summed E-state index contributed by atoms with van der Waals surface area (Å²) >= 11 is 0. The summed E-state index contributed by atoms with van der Waals surface area (Å²) in [4.78, 5) is 48.6. The van der Waals surface area contributed by atoms with Crippen molar-refractivity contribution in [3.63, 3.8) is 0 Å². The van der Waals surface area contributed by atoms with Crippen molar-refractivity contribution in [1.29, 1.82) is 0 Å². The Kier molecular flexibility index (Phi) is 4.98. The summed E-state index contributed by atoms with van der Waals surface area (Å²) < 4.78 is 5.65. The molecule has 9 nitrogen and oxygen atoms in total. The van der Waals surface area contributed by atoms with Gasteiger partial charge >= 0.3 is 11.9 Å². The number of carbonyl (C=O) groups excluding carboxylic acids is 2. The molecule has 0 saturated heterocycles. The molecule has 0 unspecified atom stereocenters. The van der Waals surface area contributed by atoms with E-state index < -0.39 is 29.4 Å². The van der Waals surface area contributed by atoms with E-state index in [9.17, 15) is 19.2 Å². The number of carboxylic acids is 2. The number of benzene rings is 2. The van der Waals surface area contributed by atoms with Gasteiger partial charge in [0.1, 0.15) is 12.3 Å². The first-order valence-corrected chi connectivity index (χ1v) is 8.60. The third-order valence-electron chi connectivity index (χ3n) is 4.34. The van der Waals surface area contributed by atoms with Crippen LogP contribution in [0.4, 0.5) is 11.4 Å². The predicted molar refractivity (Wildman–Crippen MR) is 102 cm³/mol. The van der Waals surface area contributed by atoms with Gasteiger partial charge in [-0.2, -0.15) is 0 Å². The highest BCUT2D eigenvalue weighted by Gasteiger charge is 2.41. The number of ether oxygens (including phenoxy) is 1. The lowest BCUT2D eigenvalue weighted by Gasteiger charge is -2.38. The average Bonchev–Trinajstić information content (AvgIpc) is 2.65. The minimum atomic E-state index is -1.28. The van der Waals surface area contributed by atoms with Crippen LogP contribution < -0.4 is 15.0 Å². The van der Waals surface area contributed by atoms with E-state index in [4.69, 9.17) is 14.9 Å². The molecule has 0 spiro atoms. The Hall–Kier alpha value is -3.88. The summed E-state index contributed by atoms with van der Waals surface area (Å²) in [5.41, 5.74) is -0.543. The molecule has 150 valence electrons. The Bertz CT molecular complexity index is 1010. The number of anilines is 2. The number of nitrogens with one attached hydrogen (secondary N) is 1. The van der Waals surface area contributed by atoms with E-state index in [1.807, 2.05) is 0 Å². The molecule has 3 N–H and O–H groups in total. The molecule has 2 aromatic carbocycles. The van der Waals surface area contributed by atoms with Crippen molar-refractivity contribution in [3.05, 3.63) is 53.6 Å². The molecule has 0 aliphatic carbocycles. The molecule has 0 radical (unpaired) electrons. The second-order valence-corrected chi connectivity index (χ2v) is 6.92. The SMILES string of the molecule is CC1(C)Oc2cc(C(=O)O)ccc2N(CC(=O)Nc2ccc(C(=O)O)cc2)C1=O. The van der Waals surface area contributed by atoms with Crippen LogP contribution >= 0.6 is 0 Å². The predicted octanol–water partition coefficient (Wildman–Crippen LogP) is 2.23. The molecule has 2 amide bonds. The van der Waals surface area contributed by atoms with Crippen LogP contribution in [-0.2, 0) is 9.59 Å². The van der Waals surface area contributed by atoms with Gasteiger partial charge in [-0.05, 0) is 56.3 Å². The zero-order valence-corrected chi connectivity index (χ0v) is 15.6. The van der Waals surface area contributed by atoms with Crippen molar-refractivity contribution in [2.45, 2.75) is 19.4 Å². The van der Waals surface area contributed by atoms with Gasteiger partial charge in [0.05, 0.1) is 16.8 Å². The van der Waals surface area contributed by atoms with Crippen molar-refractivity contribution >= 4 is 35.1 Å². The summed E-state index contributed by atoms with van der Waals surface area (Å²) in [7, 11) is 0. The number of aromatic carboxylic acids is 2. The molecular formula is C20H18N2O7. The Balaban J connectivity index is 1.83. The highest BCUT2D eigenvalue weighted by molar-refractivity contribution is 6.08. The molecule has 2 aromatic rings. The van der Waals surface area contributed by atoms with Crippen molar-refractivity contribution in [3.8, 4) is 5.75 Å². The first-order valence-electron chi connectivity index (χ1n) is 8.60. The molecular weight excluding hydrogens is 380 g/mol. The molecule has 9 heteroatoms. The van der Waals surface area contributed by atoms with E-state index in [1.54, 1.807) is 0 Å². The molecule has 0 saturated carbocycles. The van der Waals surface area contributed by atoms with Crippen LogP contribution in [-0.4, -0.2) is 46.1 Å². The van der Waals surface area contributed by atoms with Crippen molar-refractivity contribution < 1.29 is 34.1 Å². The van der Waals surface area contributed by atoms with Crippen LogP contribution in [0.25, 0.3) is 0 Å². The maximum absolute atomic E-state index is 12.8. The van der Waals surface area contributed by atoms with Gasteiger partial charge in [-0.3, -0.25) is 14.5 Å².